The molecule has 104 valence electrons. The van der Waals surface area contributed by atoms with Gasteiger partial charge in [-0.1, -0.05) is 11.6 Å². The highest BCUT2D eigenvalue weighted by Gasteiger charge is 2.24. The minimum atomic E-state index is -3.52. The van der Waals surface area contributed by atoms with Crippen LogP contribution in [-0.2, 0) is 10.0 Å². The normalized spacial score (nSPS) is 13.2. The average Bonchev–Trinajstić information content (AvgIpc) is 2.30. The van der Waals surface area contributed by atoms with Crippen molar-refractivity contribution in [2.24, 2.45) is 5.73 Å². The molecule has 0 aliphatic heterocycles. The van der Waals surface area contributed by atoms with Crippen LogP contribution in [0.15, 0.2) is 27.6 Å². The summed E-state index contributed by atoms with van der Waals surface area (Å²) in [7, 11) is -2.02. The summed E-state index contributed by atoms with van der Waals surface area (Å²) < 4.78 is 26.2. The number of sulfonamides is 1. The van der Waals surface area contributed by atoms with E-state index in [9.17, 15) is 8.42 Å². The molecule has 0 fully saturated rings. The monoisotopic (exact) mass is 376 g/mol. The summed E-state index contributed by atoms with van der Waals surface area (Å²) >= 11 is 9.03. The van der Waals surface area contributed by atoms with Crippen molar-refractivity contribution in [1.29, 1.82) is 0 Å². The van der Waals surface area contributed by atoms with Crippen molar-refractivity contribution in [3.05, 3.63) is 27.7 Å². The first-order valence-corrected chi connectivity index (χ1v) is 7.55. The van der Waals surface area contributed by atoms with Crippen molar-refractivity contribution < 1.29 is 8.42 Å². The van der Waals surface area contributed by atoms with Crippen LogP contribution < -0.4 is 5.73 Å². The fourth-order valence-corrected chi connectivity index (χ4v) is 3.24. The quantitative estimate of drug-likeness (QED) is 0.876. The van der Waals surface area contributed by atoms with Crippen LogP contribution in [0.4, 0.5) is 0 Å². The Morgan fingerprint density at radius 2 is 2.06 bits per heavy atom. The van der Waals surface area contributed by atoms with E-state index in [0.717, 1.165) is 0 Å². The predicted molar refractivity (Wildman–Crippen MR) is 79.9 cm³/mol. The Balaban J connectivity index is 0.00000289. The number of nitrogens with two attached hydrogens (primary N) is 1. The van der Waals surface area contributed by atoms with E-state index in [-0.39, 0.29) is 29.9 Å². The summed E-state index contributed by atoms with van der Waals surface area (Å²) in [6.45, 7) is 2.02. The molecular weight excluding hydrogens is 363 g/mol. The maximum Gasteiger partial charge on any atom is 0.243 e. The van der Waals surface area contributed by atoms with Gasteiger partial charge in [0.25, 0.3) is 0 Å². The first-order chi connectivity index (χ1) is 7.80. The molecule has 0 amide bonds. The fraction of sp³-hybridized carbons (Fsp3) is 0.400. The third kappa shape index (κ3) is 3.82. The van der Waals surface area contributed by atoms with Gasteiger partial charge >= 0.3 is 0 Å². The molecule has 1 atom stereocenters. The largest absolute Gasteiger partial charge is 0.329 e. The molecule has 0 aliphatic carbocycles. The minimum absolute atomic E-state index is 0. The van der Waals surface area contributed by atoms with Crippen molar-refractivity contribution in [1.82, 2.24) is 4.31 Å². The smallest absolute Gasteiger partial charge is 0.243 e. The van der Waals surface area contributed by atoms with Crippen LogP contribution in [0.25, 0.3) is 0 Å². The van der Waals surface area contributed by atoms with Crippen LogP contribution in [0.1, 0.15) is 6.92 Å². The summed E-state index contributed by atoms with van der Waals surface area (Å²) in [5, 5.41) is 0.471. The molecule has 0 aromatic heterocycles. The van der Waals surface area contributed by atoms with Crippen LogP contribution in [-0.4, -0.2) is 32.4 Å². The van der Waals surface area contributed by atoms with E-state index >= 15 is 0 Å². The molecular formula is C10H15BrCl2N2O2S. The number of nitrogens with zero attached hydrogens (tertiary/aromatic N) is 1. The molecule has 0 aliphatic rings. The summed E-state index contributed by atoms with van der Waals surface area (Å²) in [5.41, 5.74) is 5.47. The van der Waals surface area contributed by atoms with Gasteiger partial charge in [-0.2, -0.15) is 4.31 Å². The zero-order valence-electron chi connectivity index (χ0n) is 9.93. The Kier molecular flexibility index (Phi) is 7.13. The number of likely N-dealkylation sites (N-methyl/N-ethyl adjacent to an activating group) is 1. The molecule has 0 saturated carbocycles. The van der Waals surface area contributed by atoms with Gasteiger partial charge in [0.05, 0.1) is 9.92 Å². The fourth-order valence-electron chi connectivity index (χ4n) is 1.19. The second-order valence-electron chi connectivity index (χ2n) is 3.68. The number of hydrogen-bond donors (Lipinski definition) is 1. The van der Waals surface area contributed by atoms with Gasteiger partial charge in [-0.05, 0) is 41.1 Å². The second kappa shape index (κ2) is 7.07. The molecule has 0 radical (unpaired) electrons. The highest BCUT2D eigenvalue weighted by molar-refractivity contribution is 9.10. The number of hydrogen-bond acceptors (Lipinski definition) is 3. The van der Waals surface area contributed by atoms with E-state index < -0.39 is 10.0 Å². The van der Waals surface area contributed by atoms with Crippen LogP contribution >= 0.6 is 39.9 Å². The second-order valence-corrected chi connectivity index (χ2v) is 6.94. The first kappa shape index (κ1) is 18.1. The molecule has 2 N–H and O–H groups in total. The highest BCUT2D eigenvalue weighted by atomic mass is 79.9. The standard InChI is InChI=1S/C10H14BrClN2O2S.ClH/c1-7(6-13)14(2)17(15,16)8-3-4-10(12)9(11)5-8;/h3-5,7H,6,13H2,1-2H3;1H. The molecule has 1 aromatic rings. The van der Waals surface area contributed by atoms with Crippen molar-refractivity contribution in [2.75, 3.05) is 13.6 Å². The molecule has 8 heteroatoms. The lowest BCUT2D eigenvalue weighted by Gasteiger charge is -2.23. The molecule has 0 spiro atoms. The molecule has 0 saturated heterocycles. The van der Waals surface area contributed by atoms with E-state index in [1.165, 1.54) is 23.5 Å². The minimum Gasteiger partial charge on any atom is -0.329 e. The van der Waals surface area contributed by atoms with Crippen LogP contribution in [0.3, 0.4) is 0 Å². The summed E-state index contributed by atoms with van der Waals surface area (Å²) in [4.78, 5) is 0.191. The lowest BCUT2D eigenvalue weighted by Crippen LogP contribution is -2.39. The molecule has 1 rings (SSSR count). The summed E-state index contributed by atoms with van der Waals surface area (Å²) in [6.07, 6.45) is 0. The number of rotatable bonds is 4. The van der Waals surface area contributed by atoms with Gasteiger partial charge in [0.15, 0.2) is 0 Å². The number of halogens is 3. The molecule has 4 nitrogen and oxygen atoms in total. The van der Waals surface area contributed by atoms with Crippen molar-refractivity contribution >= 4 is 50.0 Å². The summed E-state index contributed by atoms with van der Waals surface area (Å²) in [6, 6.07) is 4.24. The van der Waals surface area contributed by atoms with Crippen molar-refractivity contribution in [3.8, 4) is 0 Å². The Morgan fingerprint density at radius 3 is 2.50 bits per heavy atom. The molecule has 0 bridgehead atoms. The number of benzene rings is 1. The third-order valence-electron chi connectivity index (χ3n) is 2.53. The zero-order chi connectivity index (χ0) is 13.2. The van der Waals surface area contributed by atoms with E-state index in [1.807, 2.05) is 0 Å². The van der Waals surface area contributed by atoms with Crippen LogP contribution in [0.2, 0.25) is 5.02 Å². The van der Waals surface area contributed by atoms with Gasteiger partial charge in [-0.3, -0.25) is 0 Å². The molecule has 1 unspecified atom stereocenters. The van der Waals surface area contributed by atoms with E-state index in [0.29, 0.717) is 9.50 Å². The molecule has 18 heavy (non-hydrogen) atoms. The van der Waals surface area contributed by atoms with Crippen LogP contribution in [0, 0.1) is 0 Å². The van der Waals surface area contributed by atoms with E-state index in [2.05, 4.69) is 15.9 Å². The lowest BCUT2D eigenvalue weighted by atomic mass is 10.4. The maximum absolute atomic E-state index is 12.2. The molecule has 0 heterocycles. The van der Waals surface area contributed by atoms with Gasteiger partial charge in [0.2, 0.25) is 10.0 Å². The van der Waals surface area contributed by atoms with Gasteiger partial charge in [0.1, 0.15) is 0 Å². The average molecular weight is 378 g/mol. The topological polar surface area (TPSA) is 63.4 Å². The maximum atomic E-state index is 12.2. The predicted octanol–water partition coefficient (Wildman–Crippen LogP) is 2.49. The van der Waals surface area contributed by atoms with E-state index in [4.69, 9.17) is 17.3 Å². The van der Waals surface area contributed by atoms with Gasteiger partial charge in [-0.15, -0.1) is 12.4 Å². The van der Waals surface area contributed by atoms with Crippen molar-refractivity contribution in [2.45, 2.75) is 17.9 Å². The highest BCUT2D eigenvalue weighted by Crippen LogP contribution is 2.26. The zero-order valence-corrected chi connectivity index (χ0v) is 13.9. The van der Waals surface area contributed by atoms with Crippen LogP contribution in [0.5, 0.6) is 0 Å². The SMILES string of the molecule is CC(CN)N(C)S(=O)(=O)c1ccc(Cl)c(Br)c1.Cl. The van der Waals surface area contributed by atoms with Crippen molar-refractivity contribution in [3.63, 3.8) is 0 Å². The lowest BCUT2D eigenvalue weighted by molar-refractivity contribution is 0.394. The molecule has 1 aromatic carbocycles. The Hall–Kier alpha value is 0.150. The Morgan fingerprint density at radius 1 is 1.50 bits per heavy atom. The first-order valence-electron chi connectivity index (χ1n) is 4.94. The Labute approximate surface area is 127 Å². The third-order valence-corrected chi connectivity index (χ3v) is 5.71. The van der Waals surface area contributed by atoms with Gasteiger partial charge in [0, 0.05) is 24.1 Å². The van der Waals surface area contributed by atoms with Gasteiger partial charge < -0.3 is 5.73 Å². The summed E-state index contributed by atoms with van der Waals surface area (Å²) in [5.74, 6) is 0. The van der Waals surface area contributed by atoms with Gasteiger partial charge in [-0.25, -0.2) is 8.42 Å². The Bertz CT molecular complexity index is 511. The van der Waals surface area contributed by atoms with E-state index in [1.54, 1.807) is 13.0 Å².